The maximum absolute atomic E-state index is 5.88. The summed E-state index contributed by atoms with van der Waals surface area (Å²) in [6.07, 6.45) is 6.74. The van der Waals surface area contributed by atoms with Crippen molar-refractivity contribution in [2.24, 2.45) is 18.7 Å². The summed E-state index contributed by atoms with van der Waals surface area (Å²) < 4.78 is 1.95. The zero-order valence-corrected chi connectivity index (χ0v) is 8.11. The van der Waals surface area contributed by atoms with Crippen molar-refractivity contribution in [1.82, 2.24) is 9.78 Å². The molecule has 2 atom stereocenters. The quantitative estimate of drug-likeness (QED) is 0.755. The predicted octanol–water partition coefficient (Wildman–Crippen LogP) is 1.09. The van der Waals surface area contributed by atoms with Gasteiger partial charge in [0.2, 0.25) is 0 Å². The first-order chi connectivity index (χ1) is 6.27. The van der Waals surface area contributed by atoms with Crippen LogP contribution in [0, 0.1) is 5.92 Å². The Balaban J connectivity index is 1.83. The van der Waals surface area contributed by atoms with E-state index in [9.17, 15) is 0 Å². The van der Waals surface area contributed by atoms with Crippen LogP contribution in [0.4, 0.5) is 0 Å². The van der Waals surface area contributed by atoms with Crippen molar-refractivity contribution >= 4 is 0 Å². The van der Waals surface area contributed by atoms with Crippen LogP contribution in [0.3, 0.4) is 0 Å². The number of nitrogens with two attached hydrogens (primary N) is 1. The van der Waals surface area contributed by atoms with Crippen LogP contribution in [0.5, 0.6) is 0 Å². The maximum atomic E-state index is 5.88. The average Bonchev–Trinajstić information content (AvgIpc) is 2.50. The Bertz CT molecular complexity index is 279. The first-order valence-electron chi connectivity index (χ1n) is 5.00. The van der Waals surface area contributed by atoms with E-state index in [4.69, 9.17) is 5.73 Å². The molecule has 1 fully saturated rings. The van der Waals surface area contributed by atoms with Gasteiger partial charge in [-0.15, -0.1) is 0 Å². The third-order valence-corrected chi connectivity index (χ3v) is 3.17. The molecule has 1 aromatic rings. The molecule has 0 bridgehead atoms. The lowest BCUT2D eigenvalue weighted by Gasteiger charge is -2.33. The molecule has 0 radical (unpaired) electrons. The van der Waals surface area contributed by atoms with Crippen LogP contribution in [0.25, 0.3) is 0 Å². The molecule has 0 amide bonds. The molecule has 2 unspecified atom stereocenters. The molecule has 0 aliphatic heterocycles. The molecule has 2 rings (SSSR count). The highest BCUT2D eigenvalue weighted by molar-refractivity contribution is 5.01. The summed E-state index contributed by atoms with van der Waals surface area (Å²) in [7, 11) is 2.00. The van der Waals surface area contributed by atoms with Gasteiger partial charge >= 0.3 is 0 Å². The Kier molecular flexibility index (Phi) is 2.36. The summed E-state index contributed by atoms with van der Waals surface area (Å²) in [5.41, 5.74) is 7.20. The van der Waals surface area contributed by atoms with Gasteiger partial charge in [0.15, 0.2) is 0 Å². The van der Waals surface area contributed by atoms with Gasteiger partial charge in [-0.1, -0.05) is 0 Å². The second kappa shape index (κ2) is 3.50. The molecule has 1 heterocycles. The Labute approximate surface area is 78.9 Å². The highest BCUT2D eigenvalue weighted by atomic mass is 15.2. The topological polar surface area (TPSA) is 43.8 Å². The summed E-state index contributed by atoms with van der Waals surface area (Å²) in [5, 5.41) is 4.14. The van der Waals surface area contributed by atoms with Crippen LogP contribution >= 0.6 is 0 Å². The molecule has 1 aromatic heterocycles. The van der Waals surface area contributed by atoms with E-state index in [1.807, 2.05) is 17.9 Å². The zero-order chi connectivity index (χ0) is 9.26. The third kappa shape index (κ3) is 1.75. The van der Waals surface area contributed by atoms with Crippen LogP contribution in [-0.4, -0.2) is 15.8 Å². The van der Waals surface area contributed by atoms with Gasteiger partial charge in [0, 0.05) is 25.0 Å². The number of rotatable bonds is 3. The monoisotopic (exact) mass is 179 g/mol. The second-order valence-electron chi connectivity index (χ2n) is 3.99. The van der Waals surface area contributed by atoms with Crippen LogP contribution in [0.15, 0.2) is 12.3 Å². The zero-order valence-electron chi connectivity index (χ0n) is 8.11. The molecule has 1 aliphatic carbocycles. The first-order valence-corrected chi connectivity index (χ1v) is 5.00. The predicted molar refractivity (Wildman–Crippen MR) is 52.2 cm³/mol. The third-order valence-electron chi connectivity index (χ3n) is 3.17. The second-order valence-corrected chi connectivity index (χ2v) is 3.99. The summed E-state index contributed by atoms with van der Waals surface area (Å²) in [4.78, 5) is 0. The van der Waals surface area contributed by atoms with E-state index in [0.29, 0.717) is 6.04 Å². The highest BCUT2D eigenvalue weighted by Gasteiger charge is 2.26. The Hall–Kier alpha value is -0.830. The lowest BCUT2D eigenvalue weighted by atomic mass is 9.77. The molecule has 0 saturated heterocycles. The molecule has 3 nitrogen and oxygen atoms in total. The molecule has 0 aromatic carbocycles. The van der Waals surface area contributed by atoms with Crippen LogP contribution in [0.1, 0.15) is 25.0 Å². The van der Waals surface area contributed by atoms with E-state index in [1.54, 1.807) is 0 Å². The molecule has 13 heavy (non-hydrogen) atoms. The fourth-order valence-electron chi connectivity index (χ4n) is 1.93. The Morgan fingerprint density at radius 3 is 2.92 bits per heavy atom. The number of hydrogen-bond acceptors (Lipinski definition) is 2. The SMILES string of the molecule is Cn1nccc1CCC1CCC1N. The summed E-state index contributed by atoms with van der Waals surface area (Å²) >= 11 is 0. The van der Waals surface area contributed by atoms with Gasteiger partial charge in [-0.25, -0.2) is 0 Å². The number of aromatic nitrogens is 2. The van der Waals surface area contributed by atoms with E-state index < -0.39 is 0 Å². The Morgan fingerprint density at radius 1 is 1.62 bits per heavy atom. The van der Waals surface area contributed by atoms with Crippen molar-refractivity contribution in [3.05, 3.63) is 18.0 Å². The smallest absolute Gasteiger partial charge is 0.0492 e. The van der Waals surface area contributed by atoms with Crippen molar-refractivity contribution in [1.29, 1.82) is 0 Å². The fourth-order valence-corrected chi connectivity index (χ4v) is 1.93. The molecule has 0 spiro atoms. The molecular weight excluding hydrogens is 162 g/mol. The molecule has 1 saturated carbocycles. The van der Waals surface area contributed by atoms with Crippen molar-refractivity contribution in [3.8, 4) is 0 Å². The normalized spacial score (nSPS) is 27.2. The molecule has 3 heteroatoms. The number of aryl methyl sites for hydroxylation is 2. The van der Waals surface area contributed by atoms with E-state index >= 15 is 0 Å². The molecular formula is C10H17N3. The molecule has 1 aliphatic rings. The number of hydrogen-bond donors (Lipinski definition) is 1. The molecule has 72 valence electrons. The maximum Gasteiger partial charge on any atom is 0.0492 e. The fraction of sp³-hybridized carbons (Fsp3) is 0.700. The van der Waals surface area contributed by atoms with E-state index in [-0.39, 0.29) is 0 Å². The first kappa shape index (κ1) is 8.75. The van der Waals surface area contributed by atoms with Gasteiger partial charge in [0.25, 0.3) is 0 Å². The van der Waals surface area contributed by atoms with Gasteiger partial charge in [-0.3, -0.25) is 4.68 Å². The minimum atomic E-state index is 0.466. The van der Waals surface area contributed by atoms with Crippen LogP contribution < -0.4 is 5.73 Å². The minimum Gasteiger partial charge on any atom is -0.327 e. The van der Waals surface area contributed by atoms with Gasteiger partial charge in [-0.05, 0) is 37.7 Å². The lowest BCUT2D eigenvalue weighted by Crippen LogP contribution is -2.39. The standard InChI is InChI=1S/C10H17N3/c1-13-9(6-7-12-13)4-2-8-3-5-10(8)11/h6-8,10H,2-5,11H2,1H3. The molecule has 2 N–H and O–H groups in total. The van der Waals surface area contributed by atoms with Crippen molar-refractivity contribution in [3.63, 3.8) is 0 Å². The number of nitrogens with zero attached hydrogens (tertiary/aromatic N) is 2. The summed E-state index contributed by atoms with van der Waals surface area (Å²) in [6, 6.07) is 2.55. The van der Waals surface area contributed by atoms with Crippen molar-refractivity contribution in [2.75, 3.05) is 0 Å². The lowest BCUT2D eigenvalue weighted by molar-refractivity contribution is 0.240. The van der Waals surface area contributed by atoms with Crippen molar-refractivity contribution in [2.45, 2.75) is 31.7 Å². The summed E-state index contributed by atoms with van der Waals surface area (Å²) in [5.74, 6) is 0.759. The largest absolute Gasteiger partial charge is 0.327 e. The van der Waals surface area contributed by atoms with Gasteiger partial charge in [-0.2, -0.15) is 5.10 Å². The van der Waals surface area contributed by atoms with Gasteiger partial charge in [0.1, 0.15) is 0 Å². The van der Waals surface area contributed by atoms with Gasteiger partial charge in [0.05, 0.1) is 0 Å². The van der Waals surface area contributed by atoms with E-state index in [2.05, 4.69) is 11.2 Å². The van der Waals surface area contributed by atoms with E-state index in [0.717, 1.165) is 12.3 Å². The van der Waals surface area contributed by atoms with Gasteiger partial charge < -0.3 is 5.73 Å². The van der Waals surface area contributed by atoms with Crippen LogP contribution in [0.2, 0.25) is 0 Å². The Morgan fingerprint density at radius 2 is 2.46 bits per heavy atom. The summed E-state index contributed by atoms with van der Waals surface area (Å²) in [6.45, 7) is 0. The average molecular weight is 179 g/mol. The van der Waals surface area contributed by atoms with Crippen LogP contribution in [-0.2, 0) is 13.5 Å². The highest BCUT2D eigenvalue weighted by Crippen LogP contribution is 2.29. The van der Waals surface area contributed by atoms with Crippen molar-refractivity contribution < 1.29 is 0 Å². The van der Waals surface area contributed by atoms with E-state index in [1.165, 1.54) is 25.0 Å². The minimum absolute atomic E-state index is 0.466.